The highest BCUT2D eigenvalue weighted by molar-refractivity contribution is 5.94. The van der Waals surface area contributed by atoms with Crippen LogP contribution in [0.5, 0.6) is 0 Å². The highest BCUT2D eigenvalue weighted by Crippen LogP contribution is 2.18. The molecule has 0 aromatic heterocycles. The Morgan fingerprint density at radius 1 is 0.833 bits per heavy atom. The summed E-state index contributed by atoms with van der Waals surface area (Å²) in [6.07, 6.45) is 0. The molecule has 0 saturated carbocycles. The third-order valence-electron chi connectivity index (χ3n) is 5.78. The molecule has 4 rings (SSSR count). The molecular weight excluding hydrogens is 383 g/mol. The summed E-state index contributed by atoms with van der Waals surface area (Å²) in [5.74, 6) is -0.239. The van der Waals surface area contributed by atoms with Crippen LogP contribution in [0.2, 0.25) is 0 Å². The molecule has 7 heteroatoms. The molecule has 2 aromatic rings. The number of rotatable bonds is 6. The first-order valence-electron chi connectivity index (χ1n) is 10.6. The van der Waals surface area contributed by atoms with Gasteiger partial charge in [-0.3, -0.25) is 9.69 Å². The van der Waals surface area contributed by atoms with Crippen LogP contribution < -0.4 is 15.1 Å². The van der Waals surface area contributed by atoms with E-state index in [1.54, 1.807) is 0 Å². The second kappa shape index (κ2) is 9.91. The molecule has 2 aliphatic rings. The number of carbonyl (C=O) groups excluding carboxylic acids is 1. The predicted octanol–water partition coefficient (Wildman–Crippen LogP) is 2.21. The molecule has 0 atom stereocenters. The van der Waals surface area contributed by atoms with Crippen molar-refractivity contribution in [2.45, 2.75) is 0 Å². The van der Waals surface area contributed by atoms with Crippen LogP contribution in [0.1, 0.15) is 10.4 Å². The van der Waals surface area contributed by atoms with Gasteiger partial charge in [-0.2, -0.15) is 0 Å². The molecule has 2 heterocycles. The van der Waals surface area contributed by atoms with Crippen LogP contribution in [0, 0.1) is 5.82 Å². The Morgan fingerprint density at radius 3 is 2.03 bits per heavy atom. The van der Waals surface area contributed by atoms with E-state index in [0.717, 1.165) is 70.4 Å². The Balaban J connectivity index is 1.18. The van der Waals surface area contributed by atoms with Gasteiger partial charge in [0, 0.05) is 69.3 Å². The number of hydrogen-bond donors (Lipinski definition) is 1. The van der Waals surface area contributed by atoms with Gasteiger partial charge in [-0.05, 0) is 48.5 Å². The van der Waals surface area contributed by atoms with Crippen LogP contribution in [0.3, 0.4) is 0 Å². The van der Waals surface area contributed by atoms with Crippen LogP contribution >= 0.6 is 0 Å². The van der Waals surface area contributed by atoms with Gasteiger partial charge < -0.3 is 19.9 Å². The van der Waals surface area contributed by atoms with Gasteiger partial charge in [-0.1, -0.05) is 0 Å². The van der Waals surface area contributed by atoms with Gasteiger partial charge in [0.15, 0.2) is 0 Å². The first-order chi connectivity index (χ1) is 14.7. The molecular formula is C23H29FN4O2. The lowest BCUT2D eigenvalue weighted by molar-refractivity contribution is 0.0947. The SMILES string of the molecule is O=C(NCCN1CCN(c2ccc(F)cc2)CC1)c1ccc(N2CCOCC2)cc1. The first kappa shape index (κ1) is 20.6. The fourth-order valence-electron chi connectivity index (χ4n) is 3.96. The van der Waals surface area contributed by atoms with E-state index in [2.05, 4.69) is 20.0 Å². The normalized spacial score (nSPS) is 17.8. The molecule has 2 fully saturated rings. The molecule has 0 aliphatic carbocycles. The largest absolute Gasteiger partial charge is 0.378 e. The fraction of sp³-hybridized carbons (Fsp3) is 0.435. The number of hydrogen-bond acceptors (Lipinski definition) is 5. The Labute approximate surface area is 177 Å². The van der Waals surface area contributed by atoms with E-state index in [-0.39, 0.29) is 11.7 Å². The van der Waals surface area contributed by atoms with Gasteiger partial charge in [-0.15, -0.1) is 0 Å². The molecule has 2 aromatic carbocycles. The maximum Gasteiger partial charge on any atom is 0.251 e. The first-order valence-corrected chi connectivity index (χ1v) is 10.6. The van der Waals surface area contributed by atoms with Crippen LogP contribution in [0.15, 0.2) is 48.5 Å². The van der Waals surface area contributed by atoms with Crippen molar-refractivity contribution in [2.24, 2.45) is 0 Å². The molecule has 0 bridgehead atoms. The number of nitrogens with one attached hydrogen (secondary N) is 1. The zero-order valence-electron chi connectivity index (χ0n) is 17.2. The quantitative estimate of drug-likeness (QED) is 0.789. The van der Waals surface area contributed by atoms with Crippen molar-refractivity contribution in [1.29, 1.82) is 0 Å². The third-order valence-corrected chi connectivity index (χ3v) is 5.78. The summed E-state index contributed by atoms with van der Waals surface area (Å²) >= 11 is 0. The molecule has 30 heavy (non-hydrogen) atoms. The maximum atomic E-state index is 13.1. The molecule has 160 valence electrons. The predicted molar refractivity (Wildman–Crippen MR) is 117 cm³/mol. The molecule has 1 amide bonds. The van der Waals surface area contributed by atoms with E-state index in [1.807, 2.05) is 36.4 Å². The molecule has 2 aliphatic heterocycles. The van der Waals surface area contributed by atoms with Gasteiger partial charge in [0.2, 0.25) is 0 Å². The van der Waals surface area contributed by atoms with Crippen molar-refractivity contribution >= 4 is 17.3 Å². The zero-order chi connectivity index (χ0) is 20.8. The van der Waals surface area contributed by atoms with Gasteiger partial charge >= 0.3 is 0 Å². The second-order valence-corrected chi connectivity index (χ2v) is 7.71. The molecule has 0 spiro atoms. The highest BCUT2D eigenvalue weighted by atomic mass is 19.1. The molecule has 6 nitrogen and oxygen atoms in total. The van der Waals surface area contributed by atoms with Gasteiger partial charge in [0.05, 0.1) is 13.2 Å². The van der Waals surface area contributed by atoms with E-state index in [1.165, 1.54) is 12.1 Å². The summed E-state index contributed by atoms with van der Waals surface area (Å²) < 4.78 is 18.5. The molecule has 1 N–H and O–H groups in total. The Bertz CT molecular complexity index is 814. The van der Waals surface area contributed by atoms with Crippen molar-refractivity contribution in [3.05, 3.63) is 59.9 Å². The van der Waals surface area contributed by atoms with E-state index in [4.69, 9.17) is 4.74 Å². The number of benzene rings is 2. The van der Waals surface area contributed by atoms with Crippen LogP contribution in [-0.4, -0.2) is 76.4 Å². The summed E-state index contributed by atoms with van der Waals surface area (Å²) in [6, 6.07) is 14.5. The van der Waals surface area contributed by atoms with Gasteiger partial charge in [-0.25, -0.2) is 4.39 Å². The lowest BCUT2D eigenvalue weighted by atomic mass is 10.1. The highest BCUT2D eigenvalue weighted by Gasteiger charge is 2.17. The monoisotopic (exact) mass is 412 g/mol. The van der Waals surface area contributed by atoms with Crippen molar-refractivity contribution in [3.63, 3.8) is 0 Å². The number of nitrogens with zero attached hydrogens (tertiary/aromatic N) is 3. The number of amides is 1. The average Bonchev–Trinajstić information content (AvgIpc) is 2.81. The summed E-state index contributed by atoms with van der Waals surface area (Å²) in [5.41, 5.74) is 2.88. The van der Waals surface area contributed by atoms with Crippen LogP contribution in [-0.2, 0) is 4.74 Å². The van der Waals surface area contributed by atoms with E-state index in [0.29, 0.717) is 12.1 Å². The standard InChI is InChI=1S/C23H29FN4O2/c24-20-3-7-22(8-4-20)27-13-11-26(12-14-27)10-9-25-23(29)19-1-5-21(6-2-19)28-15-17-30-18-16-28/h1-8H,9-18H2,(H,25,29). The van der Waals surface area contributed by atoms with Gasteiger partial charge in [0.25, 0.3) is 5.91 Å². The number of halogens is 1. The topological polar surface area (TPSA) is 48.1 Å². The number of morpholine rings is 1. The van der Waals surface area contributed by atoms with Crippen molar-refractivity contribution in [3.8, 4) is 0 Å². The minimum absolute atomic E-state index is 0.0338. The van der Waals surface area contributed by atoms with E-state index < -0.39 is 0 Å². The van der Waals surface area contributed by atoms with Crippen molar-refractivity contribution in [1.82, 2.24) is 10.2 Å². The molecule has 0 unspecified atom stereocenters. The van der Waals surface area contributed by atoms with Crippen LogP contribution in [0.4, 0.5) is 15.8 Å². The zero-order valence-corrected chi connectivity index (χ0v) is 17.2. The van der Waals surface area contributed by atoms with Crippen LogP contribution in [0.25, 0.3) is 0 Å². The average molecular weight is 413 g/mol. The van der Waals surface area contributed by atoms with Crippen molar-refractivity contribution in [2.75, 3.05) is 75.4 Å². The number of piperazine rings is 1. The molecule has 2 saturated heterocycles. The Hall–Kier alpha value is -2.64. The fourth-order valence-corrected chi connectivity index (χ4v) is 3.96. The van der Waals surface area contributed by atoms with Gasteiger partial charge in [0.1, 0.15) is 5.82 Å². The number of carbonyl (C=O) groups is 1. The van der Waals surface area contributed by atoms with E-state index in [9.17, 15) is 9.18 Å². The third kappa shape index (κ3) is 5.29. The molecule has 0 radical (unpaired) electrons. The summed E-state index contributed by atoms with van der Waals surface area (Å²) in [5, 5.41) is 3.02. The Kier molecular flexibility index (Phi) is 6.81. The summed E-state index contributed by atoms with van der Waals surface area (Å²) in [7, 11) is 0. The van der Waals surface area contributed by atoms with E-state index >= 15 is 0 Å². The Morgan fingerprint density at radius 2 is 1.40 bits per heavy atom. The second-order valence-electron chi connectivity index (χ2n) is 7.71. The lowest BCUT2D eigenvalue weighted by Gasteiger charge is -2.36. The summed E-state index contributed by atoms with van der Waals surface area (Å²) in [4.78, 5) is 19.3. The lowest BCUT2D eigenvalue weighted by Crippen LogP contribution is -2.48. The number of anilines is 2. The summed E-state index contributed by atoms with van der Waals surface area (Å²) in [6.45, 7) is 8.41. The minimum atomic E-state index is -0.205. The smallest absolute Gasteiger partial charge is 0.251 e. The van der Waals surface area contributed by atoms with Crippen molar-refractivity contribution < 1.29 is 13.9 Å². The number of ether oxygens (including phenoxy) is 1. The minimum Gasteiger partial charge on any atom is -0.378 e. The maximum absolute atomic E-state index is 13.1.